The molecule has 0 bridgehead atoms. The molecule has 0 spiro atoms. The van der Waals surface area contributed by atoms with Crippen LogP contribution in [0.25, 0.3) is 11.8 Å². The summed E-state index contributed by atoms with van der Waals surface area (Å²) in [6.07, 6.45) is 1.46. The van der Waals surface area contributed by atoms with Crippen LogP contribution in [0.1, 0.15) is 13.8 Å². The molecule has 0 fully saturated rings. The Hall–Kier alpha value is -3.46. The molecular formula is C22H27N5O5S. The fourth-order valence-corrected chi connectivity index (χ4v) is 4.07. The van der Waals surface area contributed by atoms with Gasteiger partial charge in [-0.2, -0.15) is 5.26 Å². The highest BCUT2D eigenvalue weighted by atomic mass is 32.1. The molecule has 1 aromatic carbocycles. The van der Waals surface area contributed by atoms with Crippen LogP contribution in [-0.4, -0.2) is 59.8 Å². The van der Waals surface area contributed by atoms with Crippen LogP contribution < -0.4 is 25.4 Å². The van der Waals surface area contributed by atoms with Crippen molar-refractivity contribution in [1.82, 2.24) is 9.47 Å². The molecule has 0 saturated heterocycles. The molecule has 0 aliphatic rings. The number of likely N-dealkylation sites (N-methyl/N-ethyl adjacent to an activating group) is 1. The molecule has 0 aliphatic heterocycles. The number of hydrogen-bond acceptors (Lipinski definition) is 8. The number of carbonyl (C=O) groups is 2. The second kappa shape index (κ2) is 12.5. The van der Waals surface area contributed by atoms with Crippen LogP contribution in [0.3, 0.4) is 0 Å². The van der Waals surface area contributed by atoms with Gasteiger partial charge in [-0.3, -0.25) is 19.1 Å². The molecule has 0 saturated carbocycles. The van der Waals surface area contributed by atoms with Crippen LogP contribution >= 0.6 is 11.3 Å². The summed E-state index contributed by atoms with van der Waals surface area (Å²) in [6.45, 7) is 6.06. The van der Waals surface area contributed by atoms with Crippen molar-refractivity contribution in [2.75, 3.05) is 44.0 Å². The normalized spacial score (nSPS) is 12.4. The number of amides is 1. The maximum Gasteiger partial charge on any atom is 0.349 e. The molecule has 0 radical (unpaired) electrons. The first-order valence-electron chi connectivity index (χ1n) is 10.3. The van der Waals surface area contributed by atoms with E-state index in [1.165, 1.54) is 10.8 Å². The number of methoxy groups -OCH3 is 1. The van der Waals surface area contributed by atoms with Crippen molar-refractivity contribution >= 4 is 46.4 Å². The van der Waals surface area contributed by atoms with E-state index in [9.17, 15) is 19.5 Å². The fourth-order valence-electron chi connectivity index (χ4n) is 2.99. The Morgan fingerprint density at radius 1 is 1.33 bits per heavy atom. The minimum Gasteiger partial charge on any atom is -0.477 e. The molecular weight excluding hydrogens is 446 g/mol. The zero-order valence-electron chi connectivity index (χ0n) is 18.8. The summed E-state index contributed by atoms with van der Waals surface area (Å²) < 4.78 is 6.66. The number of aliphatic carboxylic acids is 1. The van der Waals surface area contributed by atoms with Crippen molar-refractivity contribution in [3.05, 3.63) is 43.8 Å². The first-order chi connectivity index (χ1) is 15.8. The number of benzene rings is 1. The minimum absolute atomic E-state index is 0.0977. The third-order valence-corrected chi connectivity index (χ3v) is 5.84. The standard InChI is InChI=1S/C22H27N5O5S/c1-4-26(9-10-32-3)14-19(28)25-16-8-6-7-15(11-16)24-13-18-20(29)27(5-2)21(33-18)17(12-23)22(30)31/h6-8,11,13,24H,4-5,9-10,14H2,1-3H3,(H,25,28)(H,30,31)/b18-13+,21-17-. The van der Waals surface area contributed by atoms with E-state index in [-0.39, 0.29) is 33.8 Å². The fraction of sp³-hybridized carbons (Fsp3) is 0.364. The molecule has 1 aromatic heterocycles. The van der Waals surface area contributed by atoms with Gasteiger partial charge in [0.05, 0.1) is 13.2 Å². The van der Waals surface area contributed by atoms with Crippen LogP contribution in [0.5, 0.6) is 0 Å². The van der Waals surface area contributed by atoms with E-state index in [1.54, 1.807) is 44.4 Å². The Kier molecular flexibility index (Phi) is 9.81. The molecule has 2 aromatic rings. The third-order valence-electron chi connectivity index (χ3n) is 4.71. The van der Waals surface area contributed by atoms with Gasteiger partial charge in [-0.15, -0.1) is 11.3 Å². The van der Waals surface area contributed by atoms with Gasteiger partial charge in [0.1, 0.15) is 15.3 Å². The molecule has 3 N–H and O–H groups in total. The van der Waals surface area contributed by atoms with Gasteiger partial charge in [-0.25, -0.2) is 4.79 Å². The SMILES string of the molecule is CCN(CCOC)CC(=O)Nc1cccc(N/C=c2/s/c(=C(/C#N)C(=O)O)n(CC)c2=O)c1. The van der Waals surface area contributed by atoms with Crippen molar-refractivity contribution in [3.63, 3.8) is 0 Å². The number of nitrogens with zero attached hydrogens (tertiary/aromatic N) is 3. The van der Waals surface area contributed by atoms with Crippen molar-refractivity contribution in [3.8, 4) is 6.07 Å². The van der Waals surface area contributed by atoms with Gasteiger partial charge >= 0.3 is 5.97 Å². The molecule has 0 unspecified atom stereocenters. The average Bonchev–Trinajstić information content (AvgIpc) is 3.10. The summed E-state index contributed by atoms with van der Waals surface area (Å²) in [5.41, 5.74) is 0.346. The van der Waals surface area contributed by atoms with Crippen molar-refractivity contribution < 1.29 is 19.4 Å². The summed E-state index contributed by atoms with van der Waals surface area (Å²) >= 11 is 0.928. The van der Waals surface area contributed by atoms with Crippen LogP contribution in [0.2, 0.25) is 0 Å². The number of nitriles is 1. The predicted molar refractivity (Wildman–Crippen MR) is 127 cm³/mol. The van der Waals surface area contributed by atoms with Gasteiger partial charge < -0.3 is 20.5 Å². The summed E-state index contributed by atoms with van der Waals surface area (Å²) in [6, 6.07) is 8.63. The maximum atomic E-state index is 12.6. The minimum atomic E-state index is -1.38. The zero-order chi connectivity index (χ0) is 24.4. The van der Waals surface area contributed by atoms with E-state index in [1.807, 2.05) is 11.8 Å². The number of carboxylic acids is 1. The molecule has 33 heavy (non-hydrogen) atoms. The molecule has 176 valence electrons. The van der Waals surface area contributed by atoms with E-state index >= 15 is 0 Å². The average molecular weight is 474 g/mol. The lowest BCUT2D eigenvalue weighted by Crippen LogP contribution is -2.35. The Morgan fingerprint density at radius 2 is 2.06 bits per heavy atom. The van der Waals surface area contributed by atoms with Crippen molar-refractivity contribution in [2.24, 2.45) is 0 Å². The lowest BCUT2D eigenvalue weighted by Gasteiger charge is -2.19. The van der Waals surface area contributed by atoms with Gasteiger partial charge in [-0.1, -0.05) is 13.0 Å². The summed E-state index contributed by atoms with van der Waals surface area (Å²) in [7, 11) is 1.62. The van der Waals surface area contributed by atoms with Crippen LogP contribution in [-0.2, 0) is 20.9 Å². The largest absolute Gasteiger partial charge is 0.477 e. The number of rotatable bonds is 11. The Bertz CT molecular complexity index is 1210. The maximum absolute atomic E-state index is 12.6. The Labute approximate surface area is 195 Å². The highest BCUT2D eigenvalue weighted by molar-refractivity contribution is 7.07. The molecule has 1 amide bonds. The van der Waals surface area contributed by atoms with Crippen LogP contribution in [0, 0.1) is 11.3 Å². The number of carboxylic acid groups (broad SMARTS) is 1. The summed E-state index contributed by atoms with van der Waals surface area (Å²) in [5, 5.41) is 24.2. The number of aromatic nitrogens is 1. The van der Waals surface area contributed by atoms with Gasteiger partial charge in [0.15, 0.2) is 5.57 Å². The van der Waals surface area contributed by atoms with Gasteiger partial charge in [0, 0.05) is 37.8 Å². The van der Waals surface area contributed by atoms with E-state index in [0.717, 1.165) is 17.9 Å². The third kappa shape index (κ3) is 7.01. The quantitative estimate of drug-likeness (QED) is 0.428. The Morgan fingerprint density at radius 3 is 2.67 bits per heavy atom. The highest BCUT2D eigenvalue weighted by Gasteiger charge is 2.14. The molecule has 10 nitrogen and oxygen atoms in total. The molecule has 0 atom stereocenters. The molecule has 1 heterocycles. The van der Waals surface area contributed by atoms with Gasteiger partial charge in [0.25, 0.3) is 5.56 Å². The topological polar surface area (TPSA) is 137 Å². The first kappa shape index (κ1) is 25.8. The van der Waals surface area contributed by atoms with E-state index in [2.05, 4.69) is 10.6 Å². The number of ether oxygens (including phenoxy) is 1. The number of thiazole rings is 1. The van der Waals surface area contributed by atoms with Gasteiger partial charge in [0.2, 0.25) is 5.91 Å². The van der Waals surface area contributed by atoms with Crippen molar-refractivity contribution in [2.45, 2.75) is 20.4 Å². The molecule has 0 aliphatic carbocycles. The second-order valence-corrected chi connectivity index (χ2v) is 7.92. The number of nitrogens with one attached hydrogen (secondary N) is 2. The Balaban J connectivity index is 2.23. The van der Waals surface area contributed by atoms with Gasteiger partial charge in [-0.05, 0) is 31.7 Å². The monoisotopic (exact) mass is 473 g/mol. The number of anilines is 2. The molecule has 11 heteroatoms. The lowest BCUT2D eigenvalue weighted by atomic mass is 10.2. The summed E-state index contributed by atoms with van der Waals surface area (Å²) in [4.78, 5) is 38.3. The summed E-state index contributed by atoms with van der Waals surface area (Å²) in [5.74, 6) is -1.54. The molecule has 2 rings (SSSR count). The first-order valence-corrected chi connectivity index (χ1v) is 11.1. The lowest BCUT2D eigenvalue weighted by molar-refractivity contribution is -0.130. The number of carbonyl (C=O) groups excluding carboxylic acids is 1. The van der Waals surface area contributed by atoms with Crippen molar-refractivity contribution in [1.29, 1.82) is 5.26 Å². The zero-order valence-corrected chi connectivity index (χ0v) is 19.6. The van der Waals surface area contributed by atoms with E-state index in [0.29, 0.717) is 24.5 Å². The smallest absolute Gasteiger partial charge is 0.349 e. The van der Waals surface area contributed by atoms with E-state index < -0.39 is 11.5 Å². The van der Waals surface area contributed by atoms with E-state index in [4.69, 9.17) is 10.00 Å². The van der Waals surface area contributed by atoms with Crippen LogP contribution in [0.4, 0.5) is 11.4 Å². The second-order valence-electron chi connectivity index (χ2n) is 6.89. The predicted octanol–water partition coefficient (Wildman–Crippen LogP) is 0.445. The highest BCUT2D eigenvalue weighted by Crippen LogP contribution is 2.15. The number of hydrogen-bond donors (Lipinski definition) is 3. The van der Waals surface area contributed by atoms with Crippen LogP contribution in [0.15, 0.2) is 29.1 Å².